The van der Waals surface area contributed by atoms with Crippen molar-refractivity contribution in [1.82, 2.24) is 4.57 Å². The zero-order valence-electron chi connectivity index (χ0n) is 14.9. The number of benzene rings is 3. The molecule has 0 aliphatic rings. The van der Waals surface area contributed by atoms with Crippen LogP contribution in [0.3, 0.4) is 0 Å². The number of fused-ring (bicyclic) bond motifs is 1. The summed E-state index contributed by atoms with van der Waals surface area (Å²) < 4.78 is 2.59. The smallest absolute Gasteiger partial charge is 0.251 e. The fourth-order valence-corrected chi connectivity index (χ4v) is 4.03. The van der Waals surface area contributed by atoms with E-state index in [1.54, 1.807) is 29.8 Å². The molecule has 1 aromatic heterocycles. The van der Waals surface area contributed by atoms with Crippen molar-refractivity contribution in [2.24, 2.45) is 7.05 Å². The molecule has 4 rings (SSSR count). The Morgan fingerprint density at radius 1 is 0.929 bits per heavy atom. The van der Waals surface area contributed by atoms with Crippen LogP contribution < -0.4 is 5.56 Å². The molecule has 0 N–H and O–H groups in total. The second-order valence-corrected chi connectivity index (χ2v) is 8.22. The lowest BCUT2D eigenvalue weighted by atomic mass is 9.96. The summed E-state index contributed by atoms with van der Waals surface area (Å²) in [5.74, 6) is -0.0497. The summed E-state index contributed by atoms with van der Waals surface area (Å²) in [6.45, 7) is 0. The molecule has 4 aromatic rings. The number of hydrogen-bond acceptors (Lipinski definition) is 2. The van der Waals surface area contributed by atoms with Gasteiger partial charge in [0.1, 0.15) is 0 Å². The Labute approximate surface area is 180 Å². The molecule has 0 amide bonds. The standard InChI is InChI=1S/C23H15ClINO2/c1-26-21-9-8-16(23(28)15-5-3-7-18(25)11-15)12-20(21)19(13-22(26)27)14-4-2-6-17(24)10-14/h2-13H,1H3. The fourth-order valence-electron chi connectivity index (χ4n) is 3.29. The number of pyridine rings is 1. The van der Waals surface area contributed by atoms with Crippen LogP contribution in [0.15, 0.2) is 77.6 Å². The van der Waals surface area contributed by atoms with Crippen LogP contribution in [0.2, 0.25) is 5.02 Å². The highest BCUT2D eigenvalue weighted by atomic mass is 127. The Hall–Kier alpha value is -2.44. The third kappa shape index (κ3) is 3.50. The highest BCUT2D eigenvalue weighted by Gasteiger charge is 2.14. The van der Waals surface area contributed by atoms with E-state index >= 15 is 0 Å². The van der Waals surface area contributed by atoms with Crippen molar-refractivity contribution in [1.29, 1.82) is 0 Å². The zero-order valence-corrected chi connectivity index (χ0v) is 17.9. The first kappa shape index (κ1) is 18.9. The van der Waals surface area contributed by atoms with E-state index in [4.69, 9.17) is 11.6 Å². The Morgan fingerprint density at radius 3 is 2.43 bits per heavy atom. The summed E-state index contributed by atoms with van der Waals surface area (Å²) in [4.78, 5) is 25.5. The van der Waals surface area contributed by atoms with Gasteiger partial charge in [-0.1, -0.05) is 35.9 Å². The van der Waals surface area contributed by atoms with Gasteiger partial charge >= 0.3 is 0 Å². The van der Waals surface area contributed by atoms with Crippen LogP contribution >= 0.6 is 34.2 Å². The molecule has 0 bridgehead atoms. The normalized spacial score (nSPS) is 11.0. The second kappa shape index (κ2) is 7.53. The highest BCUT2D eigenvalue weighted by molar-refractivity contribution is 14.1. The average molecular weight is 500 g/mol. The van der Waals surface area contributed by atoms with Crippen molar-refractivity contribution in [2.45, 2.75) is 0 Å². The summed E-state index contributed by atoms with van der Waals surface area (Å²) in [5.41, 5.74) is 3.48. The van der Waals surface area contributed by atoms with Crippen molar-refractivity contribution in [3.8, 4) is 11.1 Å². The molecule has 28 heavy (non-hydrogen) atoms. The Kier molecular flexibility index (Phi) is 5.08. The molecule has 0 aliphatic heterocycles. The molecule has 0 atom stereocenters. The molecule has 5 heteroatoms. The van der Waals surface area contributed by atoms with Crippen LogP contribution in [0.1, 0.15) is 15.9 Å². The largest absolute Gasteiger partial charge is 0.311 e. The van der Waals surface area contributed by atoms with E-state index in [1.807, 2.05) is 54.6 Å². The summed E-state index contributed by atoms with van der Waals surface area (Å²) >= 11 is 8.35. The van der Waals surface area contributed by atoms with Gasteiger partial charge in [0.2, 0.25) is 0 Å². The van der Waals surface area contributed by atoms with Crippen molar-refractivity contribution in [3.63, 3.8) is 0 Å². The van der Waals surface area contributed by atoms with Crippen molar-refractivity contribution in [2.75, 3.05) is 0 Å². The number of carbonyl (C=O) groups excluding carboxylic acids is 1. The molecule has 0 spiro atoms. The molecule has 138 valence electrons. The number of aryl methyl sites for hydroxylation is 1. The molecule has 0 fully saturated rings. The summed E-state index contributed by atoms with van der Waals surface area (Å²) in [6, 6.07) is 21.9. The quantitative estimate of drug-likeness (QED) is 0.268. The van der Waals surface area contributed by atoms with E-state index in [-0.39, 0.29) is 11.3 Å². The minimum atomic E-state index is -0.112. The molecule has 0 aliphatic carbocycles. The number of aromatic nitrogens is 1. The van der Waals surface area contributed by atoms with Crippen LogP contribution in [0.25, 0.3) is 22.0 Å². The van der Waals surface area contributed by atoms with Gasteiger partial charge in [-0.15, -0.1) is 0 Å². The van der Waals surface area contributed by atoms with Crippen LogP contribution in [-0.4, -0.2) is 10.4 Å². The molecule has 0 radical (unpaired) electrons. The molecule has 0 saturated carbocycles. The van der Waals surface area contributed by atoms with E-state index in [0.717, 1.165) is 25.6 Å². The van der Waals surface area contributed by atoms with Crippen molar-refractivity contribution >= 4 is 50.9 Å². The van der Waals surface area contributed by atoms with Crippen molar-refractivity contribution < 1.29 is 4.79 Å². The molecular formula is C23H15ClINO2. The van der Waals surface area contributed by atoms with Gasteiger partial charge in [0.15, 0.2) is 5.78 Å². The predicted octanol–water partition coefficient (Wildman–Crippen LogP) is 5.69. The Balaban J connectivity index is 1.95. The molecule has 1 heterocycles. The van der Waals surface area contributed by atoms with E-state index in [0.29, 0.717) is 16.1 Å². The highest BCUT2D eigenvalue weighted by Crippen LogP contribution is 2.30. The van der Waals surface area contributed by atoms with Crippen molar-refractivity contribution in [3.05, 3.63) is 103 Å². The number of nitrogens with zero attached hydrogens (tertiary/aromatic N) is 1. The topological polar surface area (TPSA) is 39.1 Å². The van der Waals surface area contributed by atoms with Gasteiger partial charge in [0.25, 0.3) is 5.56 Å². The lowest BCUT2D eigenvalue weighted by molar-refractivity contribution is 0.103. The van der Waals surface area contributed by atoms with Crippen LogP contribution in [0.4, 0.5) is 0 Å². The maximum atomic E-state index is 13.0. The van der Waals surface area contributed by atoms with Gasteiger partial charge in [0, 0.05) is 38.2 Å². The number of carbonyl (C=O) groups is 1. The van der Waals surface area contributed by atoms with Gasteiger partial charge in [-0.25, -0.2) is 0 Å². The van der Waals surface area contributed by atoms with Gasteiger partial charge in [-0.2, -0.15) is 0 Å². The molecule has 0 saturated heterocycles. The summed E-state index contributed by atoms with van der Waals surface area (Å²) in [6.07, 6.45) is 0. The Morgan fingerprint density at radius 2 is 1.68 bits per heavy atom. The lowest BCUT2D eigenvalue weighted by Gasteiger charge is -2.12. The summed E-state index contributed by atoms with van der Waals surface area (Å²) in [5, 5.41) is 1.43. The third-order valence-corrected chi connectivity index (χ3v) is 5.64. The zero-order chi connectivity index (χ0) is 19.8. The SMILES string of the molecule is Cn1c(=O)cc(-c2cccc(Cl)c2)c2cc(C(=O)c3cccc(I)c3)ccc21. The minimum absolute atomic E-state index is 0.0497. The van der Waals surface area contributed by atoms with E-state index in [1.165, 1.54) is 0 Å². The number of ketones is 1. The lowest BCUT2D eigenvalue weighted by Crippen LogP contribution is -2.16. The maximum absolute atomic E-state index is 13.0. The van der Waals surface area contributed by atoms with Crippen LogP contribution in [0.5, 0.6) is 0 Å². The van der Waals surface area contributed by atoms with Gasteiger partial charge in [-0.05, 0) is 76.2 Å². The average Bonchev–Trinajstić information content (AvgIpc) is 2.69. The van der Waals surface area contributed by atoms with E-state index in [9.17, 15) is 9.59 Å². The fraction of sp³-hybridized carbons (Fsp3) is 0.0435. The van der Waals surface area contributed by atoms with Crippen LogP contribution in [-0.2, 0) is 7.05 Å². The van der Waals surface area contributed by atoms with Crippen LogP contribution in [0, 0.1) is 3.57 Å². The monoisotopic (exact) mass is 499 g/mol. The predicted molar refractivity (Wildman–Crippen MR) is 122 cm³/mol. The third-order valence-electron chi connectivity index (χ3n) is 4.73. The molecular weight excluding hydrogens is 485 g/mol. The Bertz CT molecular complexity index is 1290. The first-order valence-corrected chi connectivity index (χ1v) is 10.1. The number of hydrogen-bond donors (Lipinski definition) is 0. The molecule has 3 aromatic carbocycles. The summed E-state index contributed by atoms with van der Waals surface area (Å²) in [7, 11) is 1.73. The number of halogens is 2. The molecule has 3 nitrogen and oxygen atoms in total. The minimum Gasteiger partial charge on any atom is -0.311 e. The van der Waals surface area contributed by atoms with Gasteiger partial charge < -0.3 is 4.57 Å². The van der Waals surface area contributed by atoms with E-state index in [2.05, 4.69) is 22.6 Å². The van der Waals surface area contributed by atoms with Gasteiger partial charge in [0.05, 0.1) is 5.52 Å². The number of rotatable bonds is 3. The first-order valence-electron chi connectivity index (χ1n) is 8.64. The first-order chi connectivity index (χ1) is 13.4. The molecule has 0 unspecified atom stereocenters. The maximum Gasteiger partial charge on any atom is 0.251 e. The van der Waals surface area contributed by atoms with Gasteiger partial charge in [-0.3, -0.25) is 9.59 Å². The van der Waals surface area contributed by atoms with E-state index < -0.39 is 0 Å². The second-order valence-electron chi connectivity index (χ2n) is 6.54.